The molecule has 2 amide bonds. The van der Waals surface area contributed by atoms with Crippen LogP contribution in [0.3, 0.4) is 0 Å². The zero-order chi connectivity index (χ0) is 27.2. The molecule has 0 bridgehead atoms. The summed E-state index contributed by atoms with van der Waals surface area (Å²) in [6.07, 6.45) is 5.19. The van der Waals surface area contributed by atoms with E-state index in [1.807, 2.05) is 18.2 Å². The molecule has 0 saturated carbocycles. The van der Waals surface area contributed by atoms with Crippen molar-refractivity contribution >= 4 is 46.4 Å². The fourth-order valence-electron chi connectivity index (χ4n) is 5.34. The number of piperidine rings is 1. The first-order valence-electron chi connectivity index (χ1n) is 13.6. The highest BCUT2D eigenvalue weighted by Crippen LogP contribution is 2.31. The predicted molar refractivity (Wildman–Crippen MR) is 157 cm³/mol. The lowest BCUT2D eigenvalue weighted by Gasteiger charge is -2.35. The molecule has 0 aliphatic carbocycles. The lowest BCUT2D eigenvalue weighted by atomic mass is 9.89. The molecule has 5 rings (SSSR count). The average molecular weight is 567 g/mol. The molecule has 2 heterocycles. The zero-order valence-corrected chi connectivity index (χ0v) is 23.3. The molecule has 1 unspecified atom stereocenters. The third kappa shape index (κ3) is 7.13. The van der Waals surface area contributed by atoms with E-state index < -0.39 is 0 Å². The van der Waals surface area contributed by atoms with Crippen LogP contribution in [0.5, 0.6) is 0 Å². The summed E-state index contributed by atoms with van der Waals surface area (Å²) in [4.78, 5) is 28.6. The number of nitrogens with zero attached hydrogens (tertiary/aromatic N) is 1. The third-order valence-electron chi connectivity index (χ3n) is 7.52. The van der Waals surface area contributed by atoms with Crippen molar-refractivity contribution in [2.24, 2.45) is 5.92 Å². The Bertz CT molecular complexity index is 1300. The average Bonchev–Trinajstić information content (AvgIpc) is 3.48. The second-order valence-corrected chi connectivity index (χ2v) is 11.1. The molecule has 6 nitrogen and oxygen atoms in total. The number of hydrogen-bond donors (Lipinski definition) is 2. The number of carbonyl (C=O) groups excluding carboxylic acids is 2. The van der Waals surface area contributed by atoms with Gasteiger partial charge in [-0.25, -0.2) is 0 Å². The Balaban J connectivity index is 1.31. The Hall–Kier alpha value is -3.06. The molecule has 2 saturated heterocycles. The molecule has 204 valence electrons. The maximum Gasteiger partial charge on any atom is 0.255 e. The minimum Gasteiger partial charge on any atom is -0.376 e. The highest BCUT2D eigenvalue weighted by molar-refractivity contribution is 6.42. The maximum absolute atomic E-state index is 13.4. The van der Waals surface area contributed by atoms with E-state index in [-0.39, 0.29) is 17.9 Å². The quantitative estimate of drug-likeness (QED) is 0.322. The summed E-state index contributed by atoms with van der Waals surface area (Å²) in [5, 5.41) is 6.64. The molecule has 39 heavy (non-hydrogen) atoms. The second kappa shape index (κ2) is 12.9. The number of nitrogens with one attached hydrogen (secondary N) is 2. The SMILES string of the molecule is O=C(Nc1ccc(N2CCC(Cc3ccccc3)CC2)c(C(=O)NCC2CCCO2)c1)c1ccc(Cl)c(Cl)c1. The van der Waals surface area contributed by atoms with Gasteiger partial charge in [0.1, 0.15) is 0 Å². The summed E-state index contributed by atoms with van der Waals surface area (Å²) in [5.41, 5.74) is 3.72. The van der Waals surface area contributed by atoms with E-state index in [1.54, 1.807) is 18.2 Å². The highest BCUT2D eigenvalue weighted by atomic mass is 35.5. The fourth-order valence-corrected chi connectivity index (χ4v) is 5.64. The van der Waals surface area contributed by atoms with Crippen LogP contribution >= 0.6 is 23.2 Å². The van der Waals surface area contributed by atoms with Crippen LogP contribution in [0.1, 0.15) is 52.0 Å². The molecule has 2 fully saturated rings. The van der Waals surface area contributed by atoms with Crippen LogP contribution in [-0.2, 0) is 11.2 Å². The fraction of sp³-hybridized carbons (Fsp3) is 0.355. The highest BCUT2D eigenvalue weighted by Gasteiger charge is 2.25. The number of ether oxygens (including phenoxy) is 1. The van der Waals surface area contributed by atoms with Gasteiger partial charge in [0.2, 0.25) is 0 Å². The monoisotopic (exact) mass is 565 g/mol. The van der Waals surface area contributed by atoms with Gasteiger partial charge in [0.15, 0.2) is 0 Å². The van der Waals surface area contributed by atoms with Gasteiger partial charge in [0.25, 0.3) is 11.8 Å². The molecule has 2 aliphatic rings. The Morgan fingerprint density at radius 2 is 1.69 bits per heavy atom. The molecule has 1 atom stereocenters. The van der Waals surface area contributed by atoms with Crippen molar-refractivity contribution in [2.75, 3.05) is 36.5 Å². The molecule has 0 aromatic heterocycles. The van der Waals surface area contributed by atoms with Gasteiger partial charge in [0, 0.05) is 43.2 Å². The molecular weight excluding hydrogens is 533 g/mol. The first kappa shape index (κ1) is 27.5. The van der Waals surface area contributed by atoms with Gasteiger partial charge in [-0.05, 0) is 80.0 Å². The van der Waals surface area contributed by atoms with Crippen molar-refractivity contribution in [3.8, 4) is 0 Å². The number of hydrogen-bond acceptors (Lipinski definition) is 4. The number of carbonyl (C=O) groups is 2. The lowest BCUT2D eigenvalue weighted by molar-refractivity contribution is 0.0858. The Labute approximate surface area is 239 Å². The molecule has 2 aliphatic heterocycles. The molecular formula is C31H33Cl2N3O3. The zero-order valence-electron chi connectivity index (χ0n) is 21.8. The van der Waals surface area contributed by atoms with Crippen LogP contribution in [0.2, 0.25) is 10.0 Å². The lowest BCUT2D eigenvalue weighted by Crippen LogP contribution is -2.37. The number of rotatable bonds is 8. The van der Waals surface area contributed by atoms with Gasteiger partial charge in [-0.3, -0.25) is 9.59 Å². The Kier molecular flexibility index (Phi) is 9.07. The van der Waals surface area contributed by atoms with Gasteiger partial charge >= 0.3 is 0 Å². The summed E-state index contributed by atoms with van der Waals surface area (Å²) in [7, 11) is 0. The topological polar surface area (TPSA) is 70.7 Å². The summed E-state index contributed by atoms with van der Waals surface area (Å²) in [6.45, 7) is 2.95. The van der Waals surface area contributed by atoms with E-state index in [1.165, 1.54) is 11.6 Å². The van der Waals surface area contributed by atoms with Crippen molar-refractivity contribution in [1.82, 2.24) is 5.32 Å². The van der Waals surface area contributed by atoms with Crippen LogP contribution in [0, 0.1) is 5.92 Å². The van der Waals surface area contributed by atoms with Gasteiger partial charge in [-0.1, -0.05) is 53.5 Å². The summed E-state index contributed by atoms with van der Waals surface area (Å²) >= 11 is 12.1. The number of anilines is 2. The molecule has 8 heteroatoms. The smallest absolute Gasteiger partial charge is 0.255 e. The third-order valence-corrected chi connectivity index (χ3v) is 8.26. The first-order chi connectivity index (χ1) is 19.0. The van der Waals surface area contributed by atoms with Crippen LogP contribution in [0.25, 0.3) is 0 Å². The number of halogens is 2. The van der Waals surface area contributed by atoms with Gasteiger partial charge in [-0.15, -0.1) is 0 Å². The molecule has 3 aromatic carbocycles. The summed E-state index contributed by atoms with van der Waals surface area (Å²) in [5.74, 6) is 0.122. The number of amides is 2. The van der Waals surface area contributed by atoms with Crippen molar-refractivity contribution in [2.45, 2.75) is 38.2 Å². The van der Waals surface area contributed by atoms with Crippen LogP contribution in [0.15, 0.2) is 66.7 Å². The van der Waals surface area contributed by atoms with Gasteiger partial charge in [0.05, 0.1) is 21.7 Å². The van der Waals surface area contributed by atoms with Crippen LogP contribution in [0.4, 0.5) is 11.4 Å². The molecule has 2 N–H and O–H groups in total. The van der Waals surface area contributed by atoms with Crippen molar-refractivity contribution in [3.05, 3.63) is 93.5 Å². The maximum atomic E-state index is 13.4. The van der Waals surface area contributed by atoms with E-state index in [0.29, 0.717) is 39.3 Å². The Morgan fingerprint density at radius 1 is 0.897 bits per heavy atom. The van der Waals surface area contributed by atoms with Gasteiger partial charge < -0.3 is 20.3 Å². The van der Waals surface area contributed by atoms with Crippen molar-refractivity contribution < 1.29 is 14.3 Å². The van der Waals surface area contributed by atoms with E-state index >= 15 is 0 Å². The van der Waals surface area contributed by atoms with Gasteiger partial charge in [-0.2, -0.15) is 0 Å². The first-order valence-corrected chi connectivity index (χ1v) is 14.3. The van der Waals surface area contributed by atoms with E-state index in [0.717, 1.165) is 57.5 Å². The van der Waals surface area contributed by atoms with Crippen molar-refractivity contribution in [1.29, 1.82) is 0 Å². The predicted octanol–water partition coefficient (Wildman–Crippen LogP) is 6.61. The Morgan fingerprint density at radius 3 is 2.41 bits per heavy atom. The van der Waals surface area contributed by atoms with E-state index in [2.05, 4.69) is 39.8 Å². The van der Waals surface area contributed by atoms with E-state index in [9.17, 15) is 9.59 Å². The van der Waals surface area contributed by atoms with Crippen LogP contribution in [-0.4, -0.2) is 44.2 Å². The number of benzene rings is 3. The minimum atomic E-state index is -0.325. The molecule has 0 spiro atoms. The second-order valence-electron chi connectivity index (χ2n) is 10.3. The minimum absolute atomic E-state index is 0.0451. The molecule has 0 radical (unpaired) electrons. The van der Waals surface area contributed by atoms with Crippen LogP contribution < -0.4 is 15.5 Å². The summed E-state index contributed by atoms with van der Waals surface area (Å²) < 4.78 is 5.69. The van der Waals surface area contributed by atoms with E-state index in [4.69, 9.17) is 27.9 Å². The molecule has 3 aromatic rings. The standard InChI is InChI=1S/C31H33Cl2N3O3/c32-27-10-8-23(18-28(27)33)30(37)35-24-9-11-29(26(19-24)31(38)34-20-25-7-4-16-39-25)36-14-12-22(13-15-36)17-21-5-2-1-3-6-21/h1-3,5-6,8-11,18-19,22,25H,4,7,12-17,20H2,(H,34,38)(H,35,37). The van der Waals surface area contributed by atoms with Crippen molar-refractivity contribution in [3.63, 3.8) is 0 Å². The largest absolute Gasteiger partial charge is 0.376 e. The summed E-state index contributed by atoms with van der Waals surface area (Å²) in [6, 6.07) is 20.9. The normalized spacial score (nSPS) is 17.7.